The Hall–Kier alpha value is -2.40. The van der Waals surface area contributed by atoms with Crippen molar-refractivity contribution < 1.29 is 0 Å². The summed E-state index contributed by atoms with van der Waals surface area (Å²) >= 11 is 6.10. The number of nitrogens with two attached hydrogens (primary N) is 1. The van der Waals surface area contributed by atoms with Crippen molar-refractivity contribution in [3.63, 3.8) is 0 Å². The zero-order valence-corrected chi connectivity index (χ0v) is 11.4. The summed E-state index contributed by atoms with van der Waals surface area (Å²) in [5.41, 5.74) is 2.53. The standard InChI is InChI=1S/C14H14ClN5/c15-13-7-2-1-4-11(13)9-18-12-6-3-5-10(8-12)14(16)19-20-17/h1-8,18H,9H2,(H3,16,17,19). The highest BCUT2D eigenvalue weighted by Gasteiger charge is 2.02. The van der Waals surface area contributed by atoms with Gasteiger partial charge in [-0.1, -0.05) is 47.2 Å². The van der Waals surface area contributed by atoms with Crippen molar-refractivity contribution >= 4 is 23.1 Å². The molecule has 0 heterocycles. The smallest absolute Gasteiger partial charge is 0.176 e. The summed E-state index contributed by atoms with van der Waals surface area (Å²) in [6.45, 7) is 0.606. The lowest BCUT2D eigenvalue weighted by molar-refractivity contribution is 1.07. The zero-order chi connectivity index (χ0) is 14.4. The Kier molecular flexibility index (Phi) is 4.68. The Labute approximate surface area is 122 Å². The summed E-state index contributed by atoms with van der Waals surface area (Å²) in [5, 5.41) is 18.3. The largest absolute Gasteiger partial charge is 0.381 e. The van der Waals surface area contributed by atoms with Crippen LogP contribution in [0.1, 0.15) is 11.1 Å². The molecule has 0 aliphatic rings. The van der Waals surface area contributed by atoms with E-state index in [2.05, 4.69) is 15.7 Å². The molecule has 4 N–H and O–H groups in total. The van der Waals surface area contributed by atoms with Gasteiger partial charge in [0, 0.05) is 22.8 Å². The van der Waals surface area contributed by atoms with Crippen LogP contribution in [-0.2, 0) is 6.54 Å². The highest BCUT2D eigenvalue weighted by molar-refractivity contribution is 6.31. The zero-order valence-electron chi connectivity index (χ0n) is 10.7. The summed E-state index contributed by atoms with van der Waals surface area (Å²) in [4.78, 5) is 0. The van der Waals surface area contributed by atoms with Crippen LogP contribution in [-0.4, -0.2) is 5.84 Å². The van der Waals surface area contributed by atoms with Crippen LogP contribution < -0.4 is 11.2 Å². The van der Waals surface area contributed by atoms with E-state index in [1.165, 1.54) is 0 Å². The molecule has 20 heavy (non-hydrogen) atoms. The first-order valence-electron chi connectivity index (χ1n) is 5.98. The molecule has 5 nitrogen and oxygen atoms in total. The Bertz CT molecular complexity index is 639. The number of anilines is 1. The third-order valence-corrected chi connectivity index (χ3v) is 3.10. The fraction of sp³-hybridized carbons (Fsp3) is 0.0714. The predicted octanol–water partition coefficient (Wildman–Crippen LogP) is 3.60. The van der Waals surface area contributed by atoms with Crippen molar-refractivity contribution in [1.82, 2.24) is 0 Å². The van der Waals surface area contributed by atoms with E-state index >= 15 is 0 Å². The predicted molar refractivity (Wildman–Crippen MR) is 81.1 cm³/mol. The monoisotopic (exact) mass is 287 g/mol. The van der Waals surface area contributed by atoms with Gasteiger partial charge in [0.15, 0.2) is 5.84 Å². The fourth-order valence-corrected chi connectivity index (χ4v) is 1.93. The Morgan fingerprint density at radius 1 is 1.20 bits per heavy atom. The number of halogens is 1. The lowest BCUT2D eigenvalue weighted by Crippen LogP contribution is -2.02. The Balaban J connectivity index is 2.09. The Morgan fingerprint density at radius 2 is 2.00 bits per heavy atom. The first-order valence-corrected chi connectivity index (χ1v) is 6.35. The summed E-state index contributed by atoms with van der Waals surface area (Å²) in [6.07, 6.45) is 0. The van der Waals surface area contributed by atoms with E-state index in [0.717, 1.165) is 16.3 Å². The lowest BCUT2D eigenvalue weighted by Gasteiger charge is -2.09. The van der Waals surface area contributed by atoms with E-state index in [-0.39, 0.29) is 5.84 Å². The summed E-state index contributed by atoms with van der Waals surface area (Å²) in [5.74, 6) is 4.97. The quantitative estimate of drug-likeness (QED) is 0.264. The molecule has 0 unspecified atom stereocenters. The lowest BCUT2D eigenvalue weighted by atomic mass is 10.1. The van der Waals surface area contributed by atoms with Crippen molar-refractivity contribution in [3.05, 3.63) is 64.7 Å². The third-order valence-electron chi connectivity index (χ3n) is 2.73. The number of nitrogens with one attached hydrogen (secondary N) is 2. The molecule has 0 aromatic heterocycles. The molecule has 0 bridgehead atoms. The molecule has 0 saturated carbocycles. The van der Waals surface area contributed by atoms with Crippen molar-refractivity contribution in [3.8, 4) is 0 Å². The van der Waals surface area contributed by atoms with Gasteiger partial charge in [-0.3, -0.25) is 5.41 Å². The molecule has 2 aromatic carbocycles. The Morgan fingerprint density at radius 3 is 2.75 bits per heavy atom. The first-order chi connectivity index (χ1) is 9.70. The number of hydrogen-bond donors (Lipinski definition) is 3. The summed E-state index contributed by atoms with van der Waals surface area (Å²) in [6, 6.07) is 15.0. The number of rotatable bonds is 4. The molecule has 0 aliphatic heterocycles. The second kappa shape index (κ2) is 6.68. The van der Waals surface area contributed by atoms with Crippen molar-refractivity contribution in [2.45, 2.75) is 6.54 Å². The van der Waals surface area contributed by atoms with Crippen molar-refractivity contribution in [2.24, 2.45) is 16.2 Å². The molecule has 0 atom stereocenters. The van der Waals surface area contributed by atoms with Gasteiger partial charge in [0.2, 0.25) is 0 Å². The number of hydrogen-bond acceptors (Lipinski definition) is 3. The third kappa shape index (κ3) is 3.55. The van der Waals surface area contributed by atoms with E-state index < -0.39 is 0 Å². The second-order valence-electron chi connectivity index (χ2n) is 4.09. The van der Waals surface area contributed by atoms with Crippen LogP contribution in [0.2, 0.25) is 5.02 Å². The van der Waals surface area contributed by atoms with E-state index in [4.69, 9.17) is 22.9 Å². The molecule has 2 rings (SSSR count). The van der Waals surface area contributed by atoms with Crippen LogP contribution in [0.5, 0.6) is 0 Å². The van der Waals surface area contributed by atoms with Gasteiger partial charge in [0.1, 0.15) is 0 Å². The number of benzene rings is 2. The van der Waals surface area contributed by atoms with Gasteiger partial charge in [0.05, 0.1) is 0 Å². The fourth-order valence-electron chi connectivity index (χ4n) is 1.73. The van der Waals surface area contributed by atoms with Gasteiger partial charge < -0.3 is 11.2 Å². The first kappa shape index (κ1) is 14.0. The van der Waals surface area contributed by atoms with Gasteiger partial charge in [0.25, 0.3) is 0 Å². The molecule has 0 spiro atoms. The summed E-state index contributed by atoms with van der Waals surface area (Å²) < 4.78 is 0. The molecular formula is C14H14ClN5. The van der Waals surface area contributed by atoms with Crippen LogP contribution in [0, 0.1) is 5.41 Å². The number of nitrogens with zero attached hydrogens (tertiary/aromatic N) is 2. The minimum absolute atomic E-state index is 0.0221. The van der Waals surface area contributed by atoms with Crippen LogP contribution in [0.4, 0.5) is 5.69 Å². The van der Waals surface area contributed by atoms with E-state index in [1.807, 2.05) is 42.5 Å². The molecule has 2 aromatic rings. The van der Waals surface area contributed by atoms with E-state index in [1.54, 1.807) is 6.07 Å². The minimum atomic E-state index is 0.0221. The van der Waals surface area contributed by atoms with E-state index in [0.29, 0.717) is 12.1 Å². The summed E-state index contributed by atoms with van der Waals surface area (Å²) in [7, 11) is 0. The van der Waals surface area contributed by atoms with Crippen molar-refractivity contribution in [1.29, 1.82) is 5.41 Å². The molecule has 0 fully saturated rings. The SMILES string of the molecule is N=C(N=NN)c1cccc(NCc2ccccc2Cl)c1. The number of amidine groups is 1. The molecule has 102 valence electrons. The maximum atomic E-state index is 7.67. The van der Waals surface area contributed by atoms with Crippen molar-refractivity contribution in [2.75, 3.05) is 5.32 Å². The average Bonchev–Trinajstić information content (AvgIpc) is 2.47. The average molecular weight is 288 g/mol. The van der Waals surface area contributed by atoms with Gasteiger partial charge >= 0.3 is 0 Å². The van der Waals surface area contributed by atoms with Gasteiger partial charge in [-0.2, -0.15) is 0 Å². The van der Waals surface area contributed by atoms with E-state index in [9.17, 15) is 0 Å². The molecule has 0 saturated heterocycles. The van der Waals surface area contributed by atoms with Crippen LogP contribution in [0.25, 0.3) is 0 Å². The molecule has 6 heteroatoms. The molecule has 0 radical (unpaired) electrons. The van der Waals surface area contributed by atoms with Gasteiger partial charge in [-0.15, -0.1) is 5.11 Å². The van der Waals surface area contributed by atoms with Crippen LogP contribution >= 0.6 is 11.6 Å². The van der Waals surface area contributed by atoms with Gasteiger partial charge in [-0.05, 0) is 23.8 Å². The van der Waals surface area contributed by atoms with Crippen LogP contribution in [0.3, 0.4) is 0 Å². The van der Waals surface area contributed by atoms with Gasteiger partial charge in [-0.25, -0.2) is 0 Å². The second-order valence-corrected chi connectivity index (χ2v) is 4.50. The van der Waals surface area contributed by atoms with Crippen LogP contribution in [0.15, 0.2) is 58.9 Å². The highest BCUT2D eigenvalue weighted by atomic mass is 35.5. The normalized spacial score (nSPS) is 10.7. The highest BCUT2D eigenvalue weighted by Crippen LogP contribution is 2.18. The molecule has 0 aliphatic carbocycles. The topological polar surface area (TPSA) is 86.6 Å². The maximum Gasteiger partial charge on any atom is 0.176 e. The molecular weight excluding hydrogens is 274 g/mol. The minimum Gasteiger partial charge on any atom is -0.381 e. The maximum absolute atomic E-state index is 7.67. The molecule has 0 amide bonds.